The van der Waals surface area contributed by atoms with Gasteiger partial charge in [-0.1, -0.05) is 30.3 Å². The molecule has 0 bridgehead atoms. The van der Waals surface area contributed by atoms with Gasteiger partial charge in [-0.2, -0.15) is 0 Å². The van der Waals surface area contributed by atoms with Gasteiger partial charge in [0.25, 0.3) is 0 Å². The summed E-state index contributed by atoms with van der Waals surface area (Å²) in [6.07, 6.45) is 3.31. The summed E-state index contributed by atoms with van der Waals surface area (Å²) in [5, 5.41) is 0. The van der Waals surface area contributed by atoms with Gasteiger partial charge in [-0.15, -0.1) is 0 Å². The highest BCUT2D eigenvalue weighted by Crippen LogP contribution is 2.44. The van der Waals surface area contributed by atoms with Gasteiger partial charge in [0, 0.05) is 33.3 Å². The summed E-state index contributed by atoms with van der Waals surface area (Å²) in [5.74, 6) is 0.429. The van der Waals surface area contributed by atoms with E-state index >= 15 is 0 Å². The predicted molar refractivity (Wildman–Crippen MR) is 112 cm³/mol. The molecule has 1 atom stereocenters. The summed E-state index contributed by atoms with van der Waals surface area (Å²) >= 11 is 0. The molecule has 3 aliphatic heterocycles. The van der Waals surface area contributed by atoms with Crippen molar-refractivity contribution >= 4 is 11.8 Å². The Morgan fingerprint density at radius 1 is 1.03 bits per heavy atom. The van der Waals surface area contributed by atoms with Gasteiger partial charge in [0.05, 0.1) is 17.4 Å². The fraction of sp³-hybridized carbons (Fsp3) is 0.652. The number of likely N-dealkylation sites (tertiary alicyclic amines) is 3. The van der Waals surface area contributed by atoms with Crippen LogP contribution in [0.3, 0.4) is 0 Å². The fourth-order valence-corrected chi connectivity index (χ4v) is 5.42. The summed E-state index contributed by atoms with van der Waals surface area (Å²) in [6, 6.07) is 10.3. The summed E-state index contributed by atoms with van der Waals surface area (Å²) < 4.78 is 5.15. The Hall–Kier alpha value is -1.92. The van der Waals surface area contributed by atoms with Gasteiger partial charge in [0.1, 0.15) is 0 Å². The van der Waals surface area contributed by atoms with Gasteiger partial charge in [-0.25, -0.2) is 0 Å². The maximum atomic E-state index is 13.9. The Morgan fingerprint density at radius 2 is 1.72 bits per heavy atom. The predicted octanol–water partition coefficient (Wildman–Crippen LogP) is 1.75. The van der Waals surface area contributed by atoms with Crippen LogP contribution in [0.2, 0.25) is 0 Å². The molecule has 0 N–H and O–H groups in total. The number of rotatable bonds is 5. The van der Waals surface area contributed by atoms with E-state index in [2.05, 4.69) is 24.1 Å². The van der Waals surface area contributed by atoms with Crippen molar-refractivity contribution in [3.63, 3.8) is 0 Å². The molecular weight excluding hydrogens is 366 g/mol. The maximum Gasteiger partial charge on any atom is 0.233 e. The first-order valence-corrected chi connectivity index (χ1v) is 10.8. The van der Waals surface area contributed by atoms with Crippen LogP contribution in [0.15, 0.2) is 30.3 Å². The smallest absolute Gasteiger partial charge is 0.233 e. The molecule has 29 heavy (non-hydrogen) atoms. The number of methoxy groups -OCH3 is 1. The van der Waals surface area contributed by atoms with E-state index in [4.69, 9.17) is 4.74 Å². The van der Waals surface area contributed by atoms with E-state index in [9.17, 15) is 9.59 Å². The van der Waals surface area contributed by atoms with Gasteiger partial charge >= 0.3 is 0 Å². The molecule has 158 valence electrons. The van der Waals surface area contributed by atoms with Crippen molar-refractivity contribution in [2.24, 2.45) is 5.41 Å². The third-order valence-corrected chi connectivity index (χ3v) is 7.38. The van der Waals surface area contributed by atoms with Crippen molar-refractivity contribution in [1.82, 2.24) is 14.7 Å². The zero-order valence-electron chi connectivity index (χ0n) is 17.7. The normalized spacial score (nSPS) is 27.2. The average Bonchev–Trinajstić information content (AvgIpc) is 3.32. The molecule has 3 heterocycles. The minimum Gasteiger partial charge on any atom is -0.383 e. The minimum atomic E-state index is -0.462. The summed E-state index contributed by atoms with van der Waals surface area (Å²) in [7, 11) is 3.78. The SMILES string of the molecule is COCCN1CCC2(CCN(C(=O)C3(c4ccccc4)CCN(C)CC3)C2)C1=O. The summed E-state index contributed by atoms with van der Waals surface area (Å²) in [5.41, 5.74) is 0.280. The number of hydrogen-bond donors (Lipinski definition) is 0. The van der Waals surface area contributed by atoms with Crippen molar-refractivity contribution < 1.29 is 14.3 Å². The number of nitrogens with zero attached hydrogens (tertiary/aromatic N) is 3. The van der Waals surface area contributed by atoms with Crippen LogP contribution < -0.4 is 0 Å². The third kappa shape index (κ3) is 3.57. The van der Waals surface area contributed by atoms with Crippen LogP contribution in [0.4, 0.5) is 0 Å². The number of amides is 2. The Morgan fingerprint density at radius 3 is 2.41 bits per heavy atom. The van der Waals surface area contributed by atoms with Crippen LogP contribution in [-0.4, -0.2) is 86.5 Å². The Balaban J connectivity index is 1.53. The quantitative estimate of drug-likeness (QED) is 0.757. The lowest BCUT2D eigenvalue weighted by Crippen LogP contribution is -2.52. The van der Waals surface area contributed by atoms with E-state index in [0.29, 0.717) is 26.2 Å². The van der Waals surface area contributed by atoms with Crippen LogP contribution >= 0.6 is 0 Å². The van der Waals surface area contributed by atoms with Crippen LogP contribution in [0.5, 0.6) is 0 Å². The molecule has 0 radical (unpaired) electrons. The van der Waals surface area contributed by atoms with Gasteiger partial charge in [0.15, 0.2) is 0 Å². The van der Waals surface area contributed by atoms with Gasteiger partial charge in [-0.05, 0) is 51.4 Å². The molecule has 4 rings (SSSR count). The second kappa shape index (κ2) is 8.07. The molecule has 0 saturated carbocycles. The van der Waals surface area contributed by atoms with Crippen LogP contribution in [0, 0.1) is 5.41 Å². The number of hydrogen-bond acceptors (Lipinski definition) is 4. The first-order valence-electron chi connectivity index (χ1n) is 10.8. The van der Waals surface area contributed by atoms with Crippen molar-refractivity contribution in [1.29, 1.82) is 0 Å². The highest BCUT2D eigenvalue weighted by Gasteiger charge is 2.54. The van der Waals surface area contributed by atoms with Crippen molar-refractivity contribution in [2.75, 3.05) is 60.0 Å². The first-order chi connectivity index (χ1) is 14.0. The number of carbonyl (C=O) groups is 2. The van der Waals surface area contributed by atoms with E-state index in [1.807, 2.05) is 28.0 Å². The van der Waals surface area contributed by atoms with Crippen molar-refractivity contribution in [3.8, 4) is 0 Å². The number of carbonyl (C=O) groups excluding carboxylic acids is 2. The van der Waals surface area contributed by atoms with E-state index < -0.39 is 5.41 Å². The fourth-order valence-electron chi connectivity index (χ4n) is 5.42. The average molecular weight is 400 g/mol. The third-order valence-electron chi connectivity index (χ3n) is 7.38. The van der Waals surface area contributed by atoms with E-state index in [1.165, 1.54) is 0 Å². The van der Waals surface area contributed by atoms with Crippen LogP contribution in [-0.2, 0) is 19.7 Å². The zero-order valence-corrected chi connectivity index (χ0v) is 17.7. The standard InChI is InChI=1S/C23H33N3O3/c1-24-12-10-23(11-13-24,19-6-4-3-5-7-19)21(28)26-15-9-22(18-26)8-14-25(20(22)27)16-17-29-2/h3-7H,8-18H2,1-2H3. The molecule has 6 nitrogen and oxygen atoms in total. The molecule has 1 aromatic rings. The van der Waals surface area contributed by atoms with Crippen molar-refractivity contribution in [2.45, 2.75) is 31.1 Å². The molecule has 1 aromatic carbocycles. The van der Waals surface area contributed by atoms with E-state index in [0.717, 1.165) is 50.9 Å². The molecular formula is C23H33N3O3. The van der Waals surface area contributed by atoms with Crippen LogP contribution in [0.25, 0.3) is 0 Å². The number of benzene rings is 1. The largest absolute Gasteiger partial charge is 0.383 e. The summed E-state index contributed by atoms with van der Waals surface area (Å²) in [6.45, 7) is 5.08. The molecule has 3 fully saturated rings. The van der Waals surface area contributed by atoms with Gasteiger partial charge < -0.3 is 19.4 Å². The molecule has 1 unspecified atom stereocenters. The zero-order chi connectivity index (χ0) is 20.5. The highest BCUT2D eigenvalue weighted by atomic mass is 16.5. The number of ether oxygens (including phenoxy) is 1. The molecule has 2 amide bonds. The van der Waals surface area contributed by atoms with Gasteiger partial charge in [0.2, 0.25) is 11.8 Å². The summed E-state index contributed by atoms with van der Waals surface area (Å²) in [4.78, 5) is 33.2. The van der Waals surface area contributed by atoms with E-state index in [1.54, 1.807) is 7.11 Å². The van der Waals surface area contributed by atoms with Crippen LogP contribution in [0.1, 0.15) is 31.2 Å². The highest BCUT2D eigenvalue weighted by molar-refractivity contribution is 5.91. The number of piperidine rings is 1. The lowest BCUT2D eigenvalue weighted by atomic mass is 9.71. The Bertz CT molecular complexity index is 745. The monoisotopic (exact) mass is 399 g/mol. The molecule has 6 heteroatoms. The molecule has 0 aliphatic carbocycles. The Labute approximate surface area is 173 Å². The lowest BCUT2D eigenvalue weighted by Gasteiger charge is -2.42. The second-order valence-corrected chi connectivity index (χ2v) is 9.04. The topological polar surface area (TPSA) is 53.1 Å². The van der Waals surface area contributed by atoms with Crippen molar-refractivity contribution in [3.05, 3.63) is 35.9 Å². The minimum absolute atomic E-state index is 0.210. The second-order valence-electron chi connectivity index (χ2n) is 9.04. The lowest BCUT2D eigenvalue weighted by molar-refractivity contribution is -0.140. The first kappa shape index (κ1) is 20.4. The molecule has 1 spiro atoms. The van der Waals surface area contributed by atoms with Gasteiger partial charge in [-0.3, -0.25) is 9.59 Å². The molecule has 3 aliphatic rings. The maximum absolute atomic E-state index is 13.9. The molecule has 0 aromatic heterocycles. The molecule has 3 saturated heterocycles. The Kier molecular flexibility index (Phi) is 5.67. The van der Waals surface area contributed by atoms with E-state index in [-0.39, 0.29) is 17.2 Å².